The number of likely N-dealkylation sites (N-methyl/N-ethyl adjacent to an activating group) is 1. The monoisotopic (exact) mass is 250 g/mol. The van der Waals surface area contributed by atoms with Crippen LogP contribution in [0.15, 0.2) is 22.8 Å². The van der Waals surface area contributed by atoms with E-state index in [1.807, 2.05) is 12.1 Å². The lowest BCUT2D eigenvalue weighted by atomic mass is 9.70. The summed E-state index contributed by atoms with van der Waals surface area (Å²) in [7, 11) is 2.18. The normalized spacial score (nSPS) is 32.9. The van der Waals surface area contributed by atoms with Crippen LogP contribution >= 0.6 is 0 Å². The molecule has 0 aliphatic heterocycles. The summed E-state index contributed by atoms with van der Waals surface area (Å²) in [5.74, 6) is 2.60. The van der Waals surface area contributed by atoms with Crippen LogP contribution in [0.5, 0.6) is 0 Å². The van der Waals surface area contributed by atoms with Crippen molar-refractivity contribution in [2.75, 3.05) is 13.6 Å². The molecule has 1 fully saturated rings. The Balaban J connectivity index is 2.07. The van der Waals surface area contributed by atoms with E-state index < -0.39 is 0 Å². The second-order valence-corrected chi connectivity index (χ2v) is 6.06. The molecule has 1 aliphatic carbocycles. The molecule has 0 amide bonds. The van der Waals surface area contributed by atoms with Gasteiger partial charge in [-0.25, -0.2) is 0 Å². The largest absolute Gasteiger partial charge is 0.468 e. The second-order valence-electron chi connectivity index (χ2n) is 6.06. The third-order valence-corrected chi connectivity index (χ3v) is 4.90. The first-order chi connectivity index (χ1) is 8.57. The molecule has 0 spiro atoms. The molecule has 1 aliphatic rings. The summed E-state index contributed by atoms with van der Waals surface area (Å²) in [6.07, 6.45) is 5.42. The van der Waals surface area contributed by atoms with Crippen molar-refractivity contribution in [3.05, 3.63) is 24.2 Å². The van der Waals surface area contributed by atoms with Gasteiger partial charge in [0, 0.05) is 12.1 Å². The van der Waals surface area contributed by atoms with Crippen molar-refractivity contribution in [1.29, 1.82) is 0 Å². The van der Waals surface area contributed by atoms with Crippen LogP contribution in [0.2, 0.25) is 0 Å². The molecule has 0 radical (unpaired) electrons. The molecule has 1 saturated carbocycles. The first-order valence-electron chi connectivity index (χ1n) is 7.01. The molecule has 0 saturated heterocycles. The minimum absolute atomic E-state index is 0.152. The molecule has 3 heteroatoms. The minimum atomic E-state index is 0.152. The second kappa shape index (κ2) is 5.45. The molecule has 3 nitrogen and oxygen atoms in total. The maximum Gasteiger partial charge on any atom is 0.117 e. The summed E-state index contributed by atoms with van der Waals surface area (Å²) in [5.41, 5.74) is 6.26. The van der Waals surface area contributed by atoms with Crippen molar-refractivity contribution < 1.29 is 4.42 Å². The Labute approximate surface area is 110 Å². The Morgan fingerprint density at radius 3 is 2.78 bits per heavy atom. The molecule has 3 atom stereocenters. The molecule has 1 aromatic rings. The van der Waals surface area contributed by atoms with E-state index in [9.17, 15) is 0 Å². The van der Waals surface area contributed by atoms with Crippen LogP contribution < -0.4 is 5.73 Å². The maximum atomic E-state index is 6.10. The molecule has 2 N–H and O–H groups in total. The van der Waals surface area contributed by atoms with Gasteiger partial charge in [0.1, 0.15) is 5.76 Å². The highest BCUT2D eigenvalue weighted by molar-refractivity contribution is 5.02. The smallest absolute Gasteiger partial charge is 0.117 e. The molecule has 102 valence electrons. The zero-order valence-corrected chi connectivity index (χ0v) is 11.9. The summed E-state index contributed by atoms with van der Waals surface area (Å²) >= 11 is 0. The zero-order valence-electron chi connectivity index (χ0n) is 11.9. The van der Waals surface area contributed by atoms with E-state index in [2.05, 4.69) is 25.8 Å². The highest BCUT2D eigenvalue weighted by atomic mass is 16.3. The molecule has 3 unspecified atom stereocenters. The van der Waals surface area contributed by atoms with Gasteiger partial charge in [-0.2, -0.15) is 0 Å². The number of rotatable bonds is 4. The summed E-state index contributed by atoms with van der Waals surface area (Å²) < 4.78 is 5.45. The fourth-order valence-corrected chi connectivity index (χ4v) is 3.18. The van der Waals surface area contributed by atoms with Crippen LogP contribution in [0.25, 0.3) is 0 Å². The van der Waals surface area contributed by atoms with Crippen molar-refractivity contribution in [1.82, 2.24) is 4.90 Å². The average molecular weight is 250 g/mol. The fourth-order valence-electron chi connectivity index (χ4n) is 3.18. The van der Waals surface area contributed by atoms with Gasteiger partial charge in [-0.15, -0.1) is 0 Å². The number of nitrogens with two attached hydrogens (primary N) is 1. The molecule has 2 rings (SSSR count). The van der Waals surface area contributed by atoms with Gasteiger partial charge in [0.05, 0.1) is 12.8 Å². The first kappa shape index (κ1) is 13.6. The Morgan fingerprint density at radius 1 is 1.44 bits per heavy atom. The zero-order chi connectivity index (χ0) is 13.2. The van der Waals surface area contributed by atoms with E-state index in [0.717, 1.165) is 30.7 Å². The quantitative estimate of drug-likeness (QED) is 0.893. The summed E-state index contributed by atoms with van der Waals surface area (Å²) in [5, 5.41) is 0. The van der Waals surface area contributed by atoms with Gasteiger partial charge in [0.15, 0.2) is 0 Å². The predicted octanol–water partition coefficient (Wildman–Crippen LogP) is 2.87. The van der Waals surface area contributed by atoms with Crippen LogP contribution in [-0.2, 0) is 6.54 Å². The van der Waals surface area contributed by atoms with Crippen molar-refractivity contribution in [2.45, 2.75) is 45.2 Å². The summed E-state index contributed by atoms with van der Waals surface area (Å²) in [6, 6.07) is 3.99. The van der Waals surface area contributed by atoms with Crippen molar-refractivity contribution in [2.24, 2.45) is 17.6 Å². The number of furan rings is 1. The maximum absolute atomic E-state index is 6.10. The van der Waals surface area contributed by atoms with E-state index >= 15 is 0 Å². The van der Waals surface area contributed by atoms with Crippen LogP contribution in [0.1, 0.15) is 38.9 Å². The molecular weight excluding hydrogens is 224 g/mol. The van der Waals surface area contributed by atoms with Gasteiger partial charge < -0.3 is 10.2 Å². The van der Waals surface area contributed by atoms with Crippen molar-refractivity contribution >= 4 is 0 Å². The van der Waals surface area contributed by atoms with Crippen LogP contribution in [-0.4, -0.2) is 24.0 Å². The fraction of sp³-hybridized carbons (Fsp3) is 0.733. The Hall–Kier alpha value is -0.800. The first-order valence-corrected chi connectivity index (χ1v) is 7.01. The van der Waals surface area contributed by atoms with E-state index in [0.29, 0.717) is 0 Å². The third-order valence-electron chi connectivity index (χ3n) is 4.90. The average Bonchev–Trinajstić information content (AvgIpc) is 2.85. The number of hydrogen-bond donors (Lipinski definition) is 1. The van der Waals surface area contributed by atoms with E-state index in [1.54, 1.807) is 6.26 Å². The molecule has 0 aromatic carbocycles. The lowest BCUT2D eigenvalue weighted by Gasteiger charge is -2.47. The predicted molar refractivity (Wildman–Crippen MR) is 74.1 cm³/mol. The molecule has 1 aromatic heterocycles. The number of nitrogens with zero attached hydrogens (tertiary/aromatic N) is 1. The molecule has 18 heavy (non-hydrogen) atoms. The summed E-state index contributed by atoms with van der Waals surface area (Å²) in [4.78, 5) is 2.40. The SMILES string of the molecule is CC1CCC(CN)(N(C)Cc2ccco2)CC1C. The lowest BCUT2D eigenvalue weighted by Crippen LogP contribution is -2.55. The van der Waals surface area contributed by atoms with E-state index in [4.69, 9.17) is 10.2 Å². The lowest BCUT2D eigenvalue weighted by molar-refractivity contribution is 0.0308. The Morgan fingerprint density at radius 2 is 2.22 bits per heavy atom. The molecule has 0 bridgehead atoms. The van der Waals surface area contributed by atoms with Gasteiger partial charge >= 0.3 is 0 Å². The molecular formula is C15H26N2O. The highest BCUT2D eigenvalue weighted by Crippen LogP contribution is 2.39. The van der Waals surface area contributed by atoms with Gasteiger partial charge in [0.25, 0.3) is 0 Å². The van der Waals surface area contributed by atoms with Crippen molar-refractivity contribution in [3.8, 4) is 0 Å². The van der Waals surface area contributed by atoms with Crippen LogP contribution in [0, 0.1) is 11.8 Å². The van der Waals surface area contributed by atoms with Gasteiger partial charge in [-0.1, -0.05) is 13.8 Å². The minimum Gasteiger partial charge on any atom is -0.468 e. The van der Waals surface area contributed by atoms with Crippen LogP contribution in [0.4, 0.5) is 0 Å². The highest BCUT2D eigenvalue weighted by Gasteiger charge is 2.39. The van der Waals surface area contributed by atoms with Crippen molar-refractivity contribution in [3.63, 3.8) is 0 Å². The Bertz CT molecular complexity index is 363. The number of hydrogen-bond acceptors (Lipinski definition) is 3. The van der Waals surface area contributed by atoms with E-state index in [-0.39, 0.29) is 5.54 Å². The standard InChI is InChI=1S/C15H26N2O/c1-12-6-7-15(11-16,9-13(12)2)17(3)10-14-5-4-8-18-14/h4-5,8,12-13H,6-7,9-11,16H2,1-3H3. The Kier molecular flexibility index (Phi) is 4.13. The van der Waals surface area contributed by atoms with Gasteiger partial charge in [0.2, 0.25) is 0 Å². The van der Waals surface area contributed by atoms with E-state index in [1.165, 1.54) is 19.3 Å². The van der Waals surface area contributed by atoms with Gasteiger partial charge in [-0.3, -0.25) is 4.90 Å². The summed E-state index contributed by atoms with van der Waals surface area (Å²) in [6.45, 7) is 6.30. The third kappa shape index (κ3) is 2.62. The molecule has 1 heterocycles. The van der Waals surface area contributed by atoms with Crippen LogP contribution in [0.3, 0.4) is 0 Å². The topological polar surface area (TPSA) is 42.4 Å². The van der Waals surface area contributed by atoms with Gasteiger partial charge in [-0.05, 0) is 50.3 Å².